The number of hydrogen-bond acceptors (Lipinski definition) is 6. The highest BCUT2D eigenvalue weighted by molar-refractivity contribution is 5.72. The molecule has 6 nitrogen and oxygen atoms in total. The van der Waals surface area contributed by atoms with Gasteiger partial charge in [-0.25, -0.2) is 24.9 Å². The van der Waals surface area contributed by atoms with Crippen LogP contribution in [-0.2, 0) is 5.41 Å². The van der Waals surface area contributed by atoms with Gasteiger partial charge in [0.1, 0.15) is 6.33 Å². The van der Waals surface area contributed by atoms with E-state index < -0.39 is 0 Å². The van der Waals surface area contributed by atoms with Crippen molar-refractivity contribution in [1.82, 2.24) is 29.9 Å². The van der Waals surface area contributed by atoms with E-state index in [9.17, 15) is 0 Å². The second kappa shape index (κ2) is 13.9. The minimum Gasteiger partial charge on any atom is -0.255 e. The first-order chi connectivity index (χ1) is 23.7. The number of allylic oxidation sites excluding steroid dienone is 4. The molecule has 1 aliphatic rings. The van der Waals surface area contributed by atoms with Crippen LogP contribution in [0.5, 0.6) is 0 Å². The molecular weight excluding hydrogens is 589 g/mol. The van der Waals surface area contributed by atoms with E-state index in [1.165, 1.54) is 30.4 Å². The summed E-state index contributed by atoms with van der Waals surface area (Å²) >= 11 is 0. The summed E-state index contributed by atoms with van der Waals surface area (Å²) in [4.78, 5) is 28.0. The third-order valence-electron chi connectivity index (χ3n) is 9.17. The average molecular weight is 625 g/mol. The molecule has 234 valence electrons. The van der Waals surface area contributed by atoms with E-state index in [-0.39, 0.29) is 5.41 Å². The van der Waals surface area contributed by atoms with Crippen LogP contribution in [0.3, 0.4) is 0 Å². The Balaban J connectivity index is 1.23. The van der Waals surface area contributed by atoms with Crippen molar-refractivity contribution in [2.24, 2.45) is 0 Å². The predicted molar refractivity (Wildman–Crippen MR) is 194 cm³/mol. The topological polar surface area (TPSA) is 77.3 Å². The lowest BCUT2D eigenvalue weighted by molar-refractivity contribution is 0.346. The highest BCUT2D eigenvalue weighted by Crippen LogP contribution is 2.45. The van der Waals surface area contributed by atoms with Gasteiger partial charge in [0.05, 0.1) is 17.1 Å². The van der Waals surface area contributed by atoms with Gasteiger partial charge in [0.2, 0.25) is 0 Å². The minimum atomic E-state index is -0.0672. The van der Waals surface area contributed by atoms with E-state index in [2.05, 4.69) is 76.6 Å². The third kappa shape index (κ3) is 6.25. The monoisotopic (exact) mass is 624 g/mol. The van der Waals surface area contributed by atoms with Crippen LogP contribution in [0.4, 0.5) is 0 Å². The average Bonchev–Trinajstić information content (AvgIpc) is 3.18. The highest BCUT2D eigenvalue weighted by atomic mass is 15.0. The fourth-order valence-corrected chi connectivity index (χ4v) is 6.69. The van der Waals surface area contributed by atoms with E-state index in [4.69, 9.17) is 15.0 Å². The zero-order chi connectivity index (χ0) is 32.8. The Bertz CT molecular complexity index is 2000. The third-order valence-corrected chi connectivity index (χ3v) is 9.17. The fourth-order valence-electron chi connectivity index (χ4n) is 6.69. The largest absolute Gasteiger partial charge is 0.255 e. The Morgan fingerprint density at radius 2 is 1.25 bits per heavy atom. The van der Waals surface area contributed by atoms with Gasteiger partial charge in [-0.1, -0.05) is 136 Å². The fraction of sp³-hybridized carbons (Fsp3) is 0.143. The summed E-state index contributed by atoms with van der Waals surface area (Å²) in [5, 5.41) is 0. The van der Waals surface area contributed by atoms with Crippen LogP contribution in [0.15, 0.2) is 147 Å². The molecule has 0 radical (unpaired) electrons. The maximum absolute atomic E-state index is 5.02. The van der Waals surface area contributed by atoms with Crippen molar-refractivity contribution in [1.29, 1.82) is 0 Å². The molecule has 1 saturated carbocycles. The second-order valence-corrected chi connectivity index (χ2v) is 12.0. The summed E-state index contributed by atoms with van der Waals surface area (Å²) in [6.45, 7) is 7.67. The Kier molecular flexibility index (Phi) is 8.88. The smallest absolute Gasteiger partial charge is 0.163 e. The van der Waals surface area contributed by atoms with E-state index in [0.29, 0.717) is 17.5 Å². The summed E-state index contributed by atoms with van der Waals surface area (Å²) in [6.07, 6.45) is 14.5. The first-order valence-corrected chi connectivity index (χ1v) is 16.4. The number of hydrogen-bond donors (Lipinski definition) is 0. The normalized spacial score (nSPS) is 14.3. The number of aromatic nitrogens is 6. The molecule has 1 aliphatic carbocycles. The van der Waals surface area contributed by atoms with Crippen LogP contribution >= 0.6 is 0 Å². The first-order valence-electron chi connectivity index (χ1n) is 16.4. The van der Waals surface area contributed by atoms with Gasteiger partial charge in [-0.15, -0.1) is 0 Å². The lowest BCUT2D eigenvalue weighted by Crippen LogP contribution is -2.30. The van der Waals surface area contributed by atoms with Gasteiger partial charge in [0.15, 0.2) is 17.5 Å². The number of pyridine rings is 1. The van der Waals surface area contributed by atoms with E-state index in [0.717, 1.165) is 52.2 Å². The molecule has 0 spiro atoms. The number of benzene rings is 3. The van der Waals surface area contributed by atoms with Crippen molar-refractivity contribution in [2.75, 3.05) is 0 Å². The molecular formula is C42H36N6. The van der Waals surface area contributed by atoms with Crippen molar-refractivity contribution < 1.29 is 0 Å². The van der Waals surface area contributed by atoms with Gasteiger partial charge in [0, 0.05) is 33.9 Å². The molecule has 1 fully saturated rings. The molecule has 6 heteroatoms. The van der Waals surface area contributed by atoms with Crippen molar-refractivity contribution in [2.45, 2.75) is 37.5 Å². The molecule has 3 aromatic heterocycles. The number of nitrogens with zero attached hydrogens (tertiary/aromatic N) is 6. The number of rotatable bonds is 9. The molecule has 6 aromatic rings. The Morgan fingerprint density at radius 3 is 1.92 bits per heavy atom. The predicted octanol–water partition coefficient (Wildman–Crippen LogP) is 9.73. The van der Waals surface area contributed by atoms with Gasteiger partial charge in [-0.3, -0.25) is 4.98 Å². The summed E-state index contributed by atoms with van der Waals surface area (Å²) in [5.74, 6) is 1.90. The van der Waals surface area contributed by atoms with Gasteiger partial charge < -0.3 is 0 Å². The summed E-state index contributed by atoms with van der Waals surface area (Å²) < 4.78 is 0. The Hall–Kier alpha value is -5.88. The quantitative estimate of drug-likeness (QED) is 0.149. The molecule has 0 unspecified atom stereocenters. The van der Waals surface area contributed by atoms with Crippen LogP contribution in [0.25, 0.3) is 51.0 Å². The molecule has 0 amide bonds. The van der Waals surface area contributed by atoms with Crippen LogP contribution < -0.4 is 0 Å². The van der Waals surface area contributed by atoms with Crippen LogP contribution in [0, 0.1) is 0 Å². The van der Waals surface area contributed by atoms with Gasteiger partial charge in [0.25, 0.3) is 0 Å². The maximum Gasteiger partial charge on any atom is 0.163 e. The van der Waals surface area contributed by atoms with Crippen LogP contribution in [0.2, 0.25) is 0 Å². The SMILES string of the molecule is C=C/C=C(\C=C)c1ncnc(-c2ccc(C3(c4ccc(-c5cc(-c6ccccn6)nc(-c6ccccc6)n5)cc4)CCCCC3)cc2)n1. The molecule has 0 atom stereocenters. The Morgan fingerprint density at radius 1 is 0.583 bits per heavy atom. The van der Waals surface area contributed by atoms with Crippen molar-refractivity contribution in [3.63, 3.8) is 0 Å². The van der Waals surface area contributed by atoms with Gasteiger partial charge in [-0.05, 0) is 42.2 Å². The van der Waals surface area contributed by atoms with Crippen molar-refractivity contribution in [3.8, 4) is 45.4 Å². The molecule has 7 rings (SSSR count). The van der Waals surface area contributed by atoms with Gasteiger partial charge >= 0.3 is 0 Å². The van der Waals surface area contributed by atoms with Crippen LogP contribution in [-0.4, -0.2) is 29.9 Å². The maximum atomic E-state index is 5.02. The molecule has 0 aliphatic heterocycles. The van der Waals surface area contributed by atoms with E-state index >= 15 is 0 Å². The van der Waals surface area contributed by atoms with Gasteiger partial charge in [-0.2, -0.15) is 0 Å². The summed E-state index contributed by atoms with van der Waals surface area (Å²) in [7, 11) is 0. The van der Waals surface area contributed by atoms with E-state index in [1.54, 1.807) is 24.7 Å². The molecule has 0 N–H and O–H groups in total. The zero-order valence-corrected chi connectivity index (χ0v) is 26.8. The van der Waals surface area contributed by atoms with E-state index in [1.807, 2.05) is 60.7 Å². The summed E-state index contributed by atoms with van der Waals surface area (Å²) in [6, 6.07) is 35.8. The molecule has 48 heavy (non-hydrogen) atoms. The molecule has 3 aromatic carbocycles. The molecule has 0 bridgehead atoms. The minimum absolute atomic E-state index is 0.0672. The Labute approximate surface area is 281 Å². The van der Waals surface area contributed by atoms with Crippen molar-refractivity contribution >= 4 is 5.57 Å². The molecule has 0 saturated heterocycles. The zero-order valence-electron chi connectivity index (χ0n) is 26.8. The van der Waals surface area contributed by atoms with Crippen LogP contribution in [0.1, 0.15) is 49.1 Å². The van der Waals surface area contributed by atoms with Crippen molar-refractivity contribution in [3.05, 3.63) is 164 Å². The highest BCUT2D eigenvalue weighted by Gasteiger charge is 2.35. The first kappa shape index (κ1) is 30.8. The lowest BCUT2D eigenvalue weighted by Gasteiger charge is -2.39. The lowest BCUT2D eigenvalue weighted by atomic mass is 9.65. The molecule has 3 heterocycles. The second-order valence-electron chi connectivity index (χ2n) is 12.0. The summed E-state index contributed by atoms with van der Waals surface area (Å²) in [5.41, 5.74) is 8.85. The standard InChI is InChI=1S/C42H36N6/c1-3-13-30(4-2)39-44-29-45-40(48-39)33-19-23-35(24-20-33)42(25-10-6-11-26-42)34-21-17-31(18-22-34)37-28-38(36-16-9-12-27-43-36)47-41(46-37)32-14-7-5-8-15-32/h3-5,7-9,12-24,27-29H,1-2,6,10-11,25-26H2/b30-13+.